The summed E-state index contributed by atoms with van der Waals surface area (Å²) in [6.45, 7) is 2.71. The van der Waals surface area contributed by atoms with Crippen LogP contribution in [0.2, 0.25) is 0 Å². The number of nitrogens with zero attached hydrogens (tertiary/aromatic N) is 6. The maximum atomic E-state index is 10.1. The number of nitrogens with one attached hydrogen (secondary N) is 1. The highest BCUT2D eigenvalue weighted by Gasteiger charge is 2.17. The molecular formula is C17H23N7O3. The number of hydrogen-bond acceptors (Lipinski definition) is 10. The average Bonchev–Trinajstić information content (AvgIpc) is 2.69. The summed E-state index contributed by atoms with van der Waals surface area (Å²) in [7, 11) is 5.22. The van der Waals surface area contributed by atoms with Crippen LogP contribution in [0.3, 0.4) is 0 Å². The monoisotopic (exact) mass is 373 g/mol. The lowest BCUT2D eigenvalue weighted by Crippen LogP contribution is -2.37. The molecule has 3 rings (SSSR count). The Labute approximate surface area is 157 Å². The molecule has 0 atom stereocenters. The second-order valence-electron chi connectivity index (χ2n) is 6.02. The predicted molar refractivity (Wildman–Crippen MR) is 103 cm³/mol. The molecule has 2 N–H and O–H groups in total. The molecule has 10 heteroatoms. The van der Waals surface area contributed by atoms with E-state index in [1.165, 1.54) is 13.3 Å². The maximum Gasteiger partial charge on any atom is 0.250 e. The Balaban J connectivity index is 1.80. The first-order valence-corrected chi connectivity index (χ1v) is 8.49. The van der Waals surface area contributed by atoms with Crippen molar-refractivity contribution in [1.82, 2.24) is 15.0 Å². The van der Waals surface area contributed by atoms with E-state index in [1.807, 2.05) is 19.0 Å². The molecular weight excluding hydrogens is 350 g/mol. The summed E-state index contributed by atoms with van der Waals surface area (Å²) in [5.74, 6) is 1.80. The van der Waals surface area contributed by atoms with Crippen LogP contribution in [-0.2, 0) is 4.74 Å². The molecule has 0 unspecified atom stereocenters. The lowest BCUT2D eigenvalue weighted by Gasteiger charge is -2.27. The number of methoxy groups -OCH3 is 1. The van der Waals surface area contributed by atoms with Crippen LogP contribution in [-0.4, -0.2) is 73.8 Å². The quantitative estimate of drug-likeness (QED) is 0.565. The van der Waals surface area contributed by atoms with Crippen molar-refractivity contribution in [2.75, 3.05) is 62.7 Å². The van der Waals surface area contributed by atoms with Gasteiger partial charge in [0.05, 0.1) is 26.5 Å². The smallest absolute Gasteiger partial charge is 0.250 e. The van der Waals surface area contributed by atoms with Crippen molar-refractivity contribution >= 4 is 24.1 Å². The van der Waals surface area contributed by atoms with Crippen molar-refractivity contribution in [1.29, 1.82) is 0 Å². The van der Waals surface area contributed by atoms with Crippen molar-refractivity contribution in [3.63, 3.8) is 0 Å². The maximum absolute atomic E-state index is 10.1. The fourth-order valence-corrected chi connectivity index (χ4v) is 2.48. The van der Waals surface area contributed by atoms with Crippen molar-refractivity contribution in [2.24, 2.45) is 5.10 Å². The first kappa shape index (κ1) is 18.6. The van der Waals surface area contributed by atoms with Gasteiger partial charge in [-0.1, -0.05) is 6.07 Å². The van der Waals surface area contributed by atoms with Crippen LogP contribution in [0.5, 0.6) is 11.5 Å². The average molecular weight is 373 g/mol. The number of para-hydroxylation sites is 1. The summed E-state index contributed by atoms with van der Waals surface area (Å²) >= 11 is 0. The van der Waals surface area contributed by atoms with Crippen LogP contribution >= 0.6 is 0 Å². The number of phenols is 1. The summed E-state index contributed by atoms with van der Waals surface area (Å²) in [6.07, 6.45) is 1.48. The standard InChI is InChI=1S/C17H23N7O3/c1-23(2)16-19-15(20-17(21-16)24-7-9-27-10-8-24)22-18-11-12-5-4-6-13(26-3)14(12)25/h4-6,11,25H,7-10H2,1-3H3,(H,19,20,21,22)/b18-11+. The largest absolute Gasteiger partial charge is 0.504 e. The highest BCUT2D eigenvalue weighted by Crippen LogP contribution is 2.28. The SMILES string of the molecule is COc1cccc(/C=N/Nc2nc(N(C)C)nc(N3CCOCC3)n2)c1O. The molecule has 1 saturated heterocycles. The Bertz CT molecular complexity index is 807. The first-order valence-electron chi connectivity index (χ1n) is 8.49. The van der Waals surface area contributed by atoms with Gasteiger partial charge < -0.3 is 24.4 Å². The number of aromatic hydroxyl groups is 1. The molecule has 0 spiro atoms. The number of morpholine rings is 1. The summed E-state index contributed by atoms with van der Waals surface area (Å²) in [6, 6.07) is 5.16. The fraction of sp³-hybridized carbons (Fsp3) is 0.412. The van der Waals surface area contributed by atoms with Gasteiger partial charge in [-0.15, -0.1) is 0 Å². The van der Waals surface area contributed by atoms with E-state index in [0.29, 0.717) is 42.4 Å². The lowest BCUT2D eigenvalue weighted by atomic mass is 10.2. The summed E-state index contributed by atoms with van der Waals surface area (Å²) < 4.78 is 10.5. The number of hydrogen-bond donors (Lipinski definition) is 2. The van der Waals surface area contributed by atoms with Crippen molar-refractivity contribution in [3.8, 4) is 11.5 Å². The molecule has 1 aliphatic rings. The van der Waals surface area contributed by atoms with Gasteiger partial charge in [-0.25, -0.2) is 5.43 Å². The summed E-state index contributed by atoms with van der Waals surface area (Å²) in [5.41, 5.74) is 3.31. The Morgan fingerprint density at radius 2 is 2.04 bits per heavy atom. The van der Waals surface area contributed by atoms with E-state index in [2.05, 4.69) is 25.5 Å². The van der Waals surface area contributed by atoms with Crippen molar-refractivity contribution in [2.45, 2.75) is 0 Å². The molecule has 10 nitrogen and oxygen atoms in total. The van der Waals surface area contributed by atoms with E-state index in [0.717, 1.165) is 13.1 Å². The Hall–Kier alpha value is -3.14. The molecule has 1 aliphatic heterocycles. The molecule has 144 valence electrons. The minimum absolute atomic E-state index is 0.0178. The molecule has 0 bridgehead atoms. The van der Waals surface area contributed by atoms with Crippen LogP contribution in [0.1, 0.15) is 5.56 Å². The Morgan fingerprint density at radius 3 is 2.74 bits per heavy atom. The van der Waals surface area contributed by atoms with Crippen LogP contribution < -0.4 is 20.0 Å². The van der Waals surface area contributed by atoms with Crippen molar-refractivity contribution in [3.05, 3.63) is 23.8 Å². The molecule has 2 aromatic rings. The van der Waals surface area contributed by atoms with Gasteiger partial charge in [0.15, 0.2) is 11.5 Å². The molecule has 0 amide bonds. The normalized spacial score (nSPS) is 14.4. The highest BCUT2D eigenvalue weighted by molar-refractivity contribution is 5.85. The van der Waals surface area contributed by atoms with Crippen LogP contribution in [0, 0.1) is 0 Å². The van der Waals surface area contributed by atoms with Gasteiger partial charge in [-0.3, -0.25) is 0 Å². The Kier molecular flexibility index (Phi) is 5.87. The van der Waals surface area contributed by atoms with Gasteiger partial charge in [0.1, 0.15) is 0 Å². The number of aromatic nitrogens is 3. The van der Waals surface area contributed by atoms with E-state index in [1.54, 1.807) is 23.1 Å². The number of phenolic OH excluding ortho intramolecular Hbond substituents is 1. The van der Waals surface area contributed by atoms with E-state index < -0.39 is 0 Å². The lowest BCUT2D eigenvalue weighted by molar-refractivity contribution is 0.122. The molecule has 2 heterocycles. The molecule has 0 saturated carbocycles. The van der Waals surface area contributed by atoms with Crippen LogP contribution in [0.15, 0.2) is 23.3 Å². The minimum Gasteiger partial charge on any atom is -0.504 e. The second kappa shape index (κ2) is 8.49. The van der Waals surface area contributed by atoms with E-state index >= 15 is 0 Å². The topological polar surface area (TPSA) is 108 Å². The third-order valence-electron chi connectivity index (χ3n) is 3.92. The molecule has 1 aromatic heterocycles. The fourth-order valence-electron chi connectivity index (χ4n) is 2.48. The van der Waals surface area contributed by atoms with E-state index in [4.69, 9.17) is 9.47 Å². The van der Waals surface area contributed by atoms with Gasteiger partial charge in [0.25, 0.3) is 0 Å². The number of rotatable bonds is 6. The van der Waals surface area contributed by atoms with Crippen LogP contribution in [0.25, 0.3) is 0 Å². The zero-order valence-electron chi connectivity index (χ0n) is 15.6. The number of hydrazone groups is 1. The minimum atomic E-state index is 0.0178. The highest BCUT2D eigenvalue weighted by atomic mass is 16.5. The number of benzene rings is 1. The number of anilines is 3. The zero-order chi connectivity index (χ0) is 19.2. The summed E-state index contributed by atoms with van der Waals surface area (Å²) in [4.78, 5) is 17.1. The van der Waals surface area contributed by atoms with Crippen LogP contribution in [0.4, 0.5) is 17.8 Å². The van der Waals surface area contributed by atoms with Gasteiger partial charge in [0, 0.05) is 32.7 Å². The van der Waals surface area contributed by atoms with Gasteiger partial charge in [-0.05, 0) is 12.1 Å². The van der Waals surface area contributed by atoms with E-state index in [9.17, 15) is 5.11 Å². The molecule has 1 aromatic carbocycles. The first-order chi connectivity index (χ1) is 13.1. The number of ether oxygens (including phenoxy) is 2. The Morgan fingerprint density at radius 1 is 1.26 bits per heavy atom. The van der Waals surface area contributed by atoms with E-state index in [-0.39, 0.29) is 5.75 Å². The third-order valence-corrected chi connectivity index (χ3v) is 3.92. The van der Waals surface area contributed by atoms with Crippen molar-refractivity contribution < 1.29 is 14.6 Å². The predicted octanol–water partition coefficient (Wildman–Crippen LogP) is 0.934. The second-order valence-corrected chi connectivity index (χ2v) is 6.02. The molecule has 27 heavy (non-hydrogen) atoms. The van der Waals surface area contributed by atoms with Gasteiger partial charge in [0.2, 0.25) is 17.8 Å². The molecule has 0 aliphatic carbocycles. The van der Waals surface area contributed by atoms with Gasteiger partial charge in [-0.2, -0.15) is 20.1 Å². The third kappa shape index (κ3) is 4.53. The van der Waals surface area contributed by atoms with Gasteiger partial charge >= 0.3 is 0 Å². The molecule has 1 fully saturated rings. The summed E-state index contributed by atoms with van der Waals surface area (Å²) in [5, 5.41) is 14.2. The molecule has 0 radical (unpaired) electrons. The zero-order valence-corrected chi connectivity index (χ0v) is 15.6.